The van der Waals surface area contributed by atoms with Crippen molar-refractivity contribution >= 4 is 0 Å². The van der Waals surface area contributed by atoms with Crippen LogP contribution >= 0.6 is 0 Å². The third kappa shape index (κ3) is 4.50. The molecule has 1 fully saturated rings. The summed E-state index contributed by atoms with van der Waals surface area (Å²) in [6.07, 6.45) is -1.72. The Balaban J connectivity index is 1.61. The second-order valence-electron chi connectivity index (χ2n) is 6.69. The minimum absolute atomic E-state index is 0.310. The summed E-state index contributed by atoms with van der Waals surface area (Å²) in [5, 5.41) is 10.8. The van der Waals surface area contributed by atoms with Crippen LogP contribution in [-0.4, -0.2) is 42.9 Å². The van der Waals surface area contributed by atoms with Crippen molar-refractivity contribution < 1.29 is 24.1 Å². The van der Waals surface area contributed by atoms with E-state index in [9.17, 15) is 5.11 Å². The lowest BCUT2D eigenvalue weighted by Crippen LogP contribution is -2.48. The zero-order valence-corrected chi connectivity index (χ0v) is 15.2. The maximum atomic E-state index is 10.8. The molecule has 3 rings (SSSR count). The van der Waals surface area contributed by atoms with Gasteiger partial charge in [0.2, 0.25) is 0 Å². The molecule has 0 saturated carbocycles. The van der Waals surface area contributed by atoms with Crippen LogP contribution in [0, 0.1) is 0 Å². The van der Waals surface area contributed by atoms with E-state index in [4.69, 9.17) is 18.9 Å². The van der Waals surface area contributed by atoms with Crippen LogP contribution in [0.1, 0.15) is 18.1 Å². The van der Waals surface area contributed by atoms with Gasteiger partial charge in [-0.1, -0.05) is 60.7 Å². The molecule has 2 aromatic rings. The zero-order valence-electron chi connectivity index (χ0n) is 15.2. The summed E-state index contributed by atoms with van der Waals surface area (Å²) in [5.74, 6) is 0. The number of hydrogen-bond donors (Lipinski definition) is 1. The van der Waals surface area contributed by atoms with Crippen molar-refractivity contribution in [3.8, 4) is 0 Å². The molecule has 5 heteroatoms. The van der Waals surface area contributed by atoms with Gasteiger partial charge in [0, 0.05) is 7.11 Å². The lowest BCUT2D eigenvalue weighted by molar-refractivity contribution is -0.190. The Morgan fingerprint density at radius 2 is 1.54 bits per heavy atom. The van der Waals surface area contributed by atoms with Gasteiger partial charge in [0.1, 0.15) is 17.8 Å². The normalized spacial score (nSPS) is 28.3. The van der Waals surface area contributed by atoms with E-state index in [-0.39, 0.29) is 0 Å². The first-order valence-corrected chi connectivity index (χ1v) is 8.79. The van der Waals surface area contributed by atoms with E-state index in [0.29, 0.717) is 19.8 Å². The van der Waals surface area contributed by atoms with E-state index in [1.165, 1.54) is 7.11 Å². The molecule has 140 valence electrons. The molecule has 26 heavy (non-hydrogen) atoms. The molecule has 0 spiro atoms. The van der Waals surface area contributed by atoms with Crippen molar-refractivity contribution in [1.82, 2.24) is 0 Å². The topological polar surface area (TPSA) is 57.2 Å². The molecule has 0 aromatic heterocycles. The van der Waals surface area contributed by atoms with E-state index in [2.05, 4.69) is 0 Å². The summed E-state index contributed by atoms with van der Waals surface area (Å²) in [5.41, 5.74) is 0.861. The molecule has 1 heterocycles. The van der Waals surface area contributed by atoms with Crippen LogP contribution in [0.4, 0.5) is 0 Å². The van der Waals surface area contributed by atoms with Crippen LogP contribution in [0.15, 0.2) is 60.7 Å². The Hall–Kier alpha value is -1.76. The summed E-state index contributed by atoms with van der Waals surface area (Å²) >= 11 is 0. The Labute approximate surface area is 154 Å². The zero-order chi connectivity index (χ0) is 18.4. The molecule has 1 aliphatic heterocycles. The lowest BCUT2D eigenvalue weighted by Gasteiger charge is -2.29. The van der Waals surface area contributed by atoms with Gasteiger partial charge in [-0.2, -0.15) is 0 Å². The molecule has 4 atom stereocenters. The molecule has 2 aromatic carbocycles. The highest BCUT2D eigenvalue weighted by atomic mass is 16.7. The van der Waals surface area contributed by atoms with Crippen molar-refractivity contribution in [2.24, 2.45) is 0 Å². The fourth-order valence-electron chi connectivity index (χ4n) is 3.20. The van der Waals surface area contributed by atoms with Gasteiger partial charge in [-0.05, 0) is 18.1 Å². The molecule has 1 unspecified atom stereocenters. The fraction of sp³-hybridized carbons (Fsp3) is 0.429. The van der Waals surface area contributed by atoms with Gasteiger partial charge in [0.25, 0.3) is 0 Å². The minimum atomic E-state index is -1.26. The third-order valence-electron chi connectivity index (χ3n) is 4.57. The molecule has 0 radical (unpaired) electrons. The second kappa shape index (κ2) is 8.75. The Kier molecular flexibility index (Phi) is 6.40. The summed E-state index contributed by atoms with van der Waals surface area (Å²) < 4.78 is 23.0. The number of aliphatic hydroxyl groups is 1. The van der Waals surface area contributed by atoms with E-state index in [0.717, 1.165) is 11.1 Å². The van der Waals surface area contributed by atoms with Crippen LogP contribution in [0.3, 0.4) is 0 Å². The molecule has 1 saturated heterocycles. The van der Waals surface area contributed by atoms with Crippen LogP contribution < -0.4 is 0 Å². The highest BCUT2D eigenvalue weighted by Crippen LogP contribution is 2.34. The van der Waals surface area contributed by atoms with Crippen LogP contribution in [-0.2, 0) is 32.2 Å². The van der Waals surface area contributed by atoms with Gasteiger partial charge in [0.05, 0.1) is 19.8 Å². The van der Waals surface area contributed by atoms with Gasteiger partial charge in [-0.15, -0.1) is 0 Å². The van der Waals surface area contributed by atoms with Crippen molar-refractivity contribution in [2.75, 3.05) is 13.7 Å². The number of benzene rings is 2. The lowest BCUT2D eigenvalue weighted by atomic mass is 9.97. The average Bonchev–Trinajstić information content (AvgIpc) is 2.91. The molecular weight excluding hydrogens is 332 g/mol. The van der Waals surface area contributed by atoms with Gasteiger partial charge in [-0.3, -0.25) is 0 Å². The Morgan fingerprint density at radius 1 is 0.962 bits per heavy atom. The monoisotopic (exact) mass is 358 g/mol. The SMILES string of the molecule is CO[C@H]1OC(COCc2ccccc2)[C@@H](OCc2ccccc2)[C@@]1(C)O. The second-order valence-corrected chi connectivity index (χ2v) is 6.69. The molecule has 0 aliphatic carbocycles. The quantitative estimate of drug-likeness (QED) is 0.786. The number of methoxy groups -OCH3 is 1. The number of ether oxygens (including phenoxy) is 4. The van der Waals surface area contributed by atoms with Crippen molar-refractivity contribution in [1.29, 1.82) is 0 Å². The smallest absolute Gasteiger partial charge is 0.188 e. The van der Waals surface area contributed by atoms with Crippen molar-refractivity contribution in [3.63, 3.8) is 0 Å². The molecule has 1 N–H and O–H groups in total. The predicted molar refractivity (Wildman–Crippen MR) is 97.4 cm³/mol. The van der Waals surface area contributed by atoms with E-state index >= 15 is 0 Å². The average molecular weight is 358 g/mol. The third-order valence-corrected chi connectivity index (χ3v) is 4.57. The van der Waals surface area contributed by atoms with Gasteiger partial charge >= 0.3 is 0 Å². The summed E-state index contributed by atoms with van der Waals surface area (Å²) in [6, 6.07) is 19.8. The first-order valence-electron chi connectivity index (χ1n) is 8.79. The maximum Gasteiger partial charge on any atom is 0.188 e. The highest BCUT2D eigenvalue weighted by molar-refractivity contribution is 5.14. The van der Waals surface area contributed by atoms with Gasteiger partial charge in [0.15, 0.2) is 6.29 Å². The van der Waals surface area contributed by atoms with Crippen LogP contribution in [0.2, 0.25) is 0 Å². The number of rotatable bonds is 8. The number of hydrogen-bond acceptors (Lipinski definition) is 5. The van der Waals surface area contributed by atoms with E-state index < -0.39 is 24.1 Å². The predicted octanol–water partition coefficient (Wildman–Crippen LogP) is 2.91. The molecule has 0 bridgehead atoms. The van der Waals surface area contributed by atoms with E-state index in [1.54, 1.807) is 6.92 Å². The van der Waals surface area contributed by atoms with Crippen LogP contribution in [0.25, 0.3) is 0 Å². The van der Waals surface area contributed by atoms with Gasteiger partial charge < -0.3 is 24.1 Å². The summed E-state index contributed by atoms with van der Waals surface area (Å²) in [4.78, 5) is 0. The standard InChI is InChI=1S/C21H26O5/c1-21(22)19(25-14-17-11-7-4-8-12-17)18(26-20(21)23-2)15-24-13-16-9-5-3-6-10-16/h3-12,18-20,22H,13-15H2,1-2H3/t18?,19-,20+,21-/m1/s1. The Morgan fingerprint density at radius 3 is 2.12 bits per heavy atom. The summed E-state index contributed by atoms with van der Waals surface area (Å²) in [7, 11) is 1.51. The first-order chi connectivity index (χ1) is 12.6. The Bertz CT molecular complexity index is 659. The molecule has 0 amide bonds. The molecule has 1 aliphatic rings. The highest BCUT2D eigenvalue weighted by Gasteiger charge is 2.54. The van der Waals surface area contributed by atoms with Crippen molar-refractivity contribution in [2.45, 2.75) is 44.2 Å². The molecular formula is C21H26O5. The first kappa shape index (κ1) is 19.0. The van der Waals surface area contributed by atoms with E-state index in [1.807, 2.05) is 60.7 Å². The minimum Gasteiger partial charge on any atom is -0.382 e. The van der Waals surface area contributed by atoms with Crippen molar-refractivity contribution in [3.05, 3.63) is 71.8 Å². The fourth-order valence-corrected chi connectivity index (χ4v) is 3.20. The largest absolute Gasteiger partial charge is 0.382 e. The molecule has 5 nitrogen and oxygen atoms in total. The summed E-state index contributed by atoms with van der Waals surface area (Å²) in [6.45, 7) is 2.85. The van der Waals surface area contributed by atoms with Crippen LogP contribution in [0.5, 0.6) is 0 Å². The van der Waals surface area contributed by atoms with Gasteiger partial charge in [-0.25, -0.2) is 0 Å². The maximum absolute atomic E-state index is 10.8.